The minimum absolute atomic E-state index is 0.158. The van der Waals surface area contributed by atoms with E-state index >= 15 is 0 Å². The van der Waals surface area contributed by atoms with Gasteiger partial charge in [-0.3, -0.25) is 9.48 Å². The molecule has 0 bridgehead atoms. The standard InChI is InChI=1S/C15H24N4O/c1-11-14(9-17-18(11)2)15(20)19(13-6-7-13)10-12-5-3-4-8-16-12/h9,12-13,16H,3-8,10H2,1-2H3. The van der Waals surface area contributed by atoms with E-state index in [9.17, 15) is 4.79 Å². The molecular formula is C15H24N4O. The summed E-state index contributed by atoms with van der Waals surface area (Å²) in [7, 11) is 1.89. The van der Waals surface area contributed by atoms with Gasteiger partial charge in [0.15, 0.2) is 0 Å². The molecule has 0 spiro atoms. The first kappa shape index (κ1) is 13.6. The van der Waals surface area contributed by atoms with Crippen LogP contribution in [0.25, 0.3) is 0 Å². The second-order valence-corrected chi connectivity index (χ2v) is 6.10. The van der Waals surface area contributed by atoms with Crippen molar-refractivity contribution < 1.29 is 4.79 Å². The van der Waals surface area contributed by atoms with Gasteiger partial charge >= 0.3 is 0 Å². The molecule has 20 heavy (non-hydrogen) atoms. The van der Waals surface area contributed by atoms with E-state index in [0.29, 0.717) is 12.1 Å². The molecular weight excluding hydrogens is 252 g/mol. The molecule has 1 atom stereocenters. The molecule has 1 amide bonds. The van der Waals surface area contributed by atoms with Gasteiger partial charge in [-0.1, -0.05) is 6.42 Å². The van der Waals surface area contributed by atoms with Crippen molar-refractivity contribution in [2.45, 2.75) is 51.1 Å². The van der Waals surface area contributed by atoms with Crippen LogP contribution in [-0.4, -0.2) is 45.8 Å². The van der Waals surface area contributed by atoms with E-state index in [1.165, 1.54) is 19.3 Å². The number of aryl methyl sites for hydroxylation is 1. The molecule has 110 valence electrons. The average molecular weight is 276 g/mol. The highest BCUT2D eigenvalue weighted by molar-refractivity contribution is 5.95. The van der Waals surface area contributed by atoms with Crippen molar-refractivity contribution in [3.05, 3.63) is 17.5 Å². The normalized spacial score (nSPS) is 22.8. The molecule has 2 heterocycles. The molecule has 2 aliphatic rings. The maximum atomic E-state index is 12.8. The van der Waals surface area contributed by atoms with Crippen LogP contribution in [0.3, 0.4) is 0 Å². The zero-order chi connectivity index (χ0) is 14.1. The fourth-order valence-electron chi connectivity index (χ4n) is 2.96. The predicted octanol–water partition coefficient (Wildman–Crippen LogP) is 1.48. The van der Waals surface area contributed by atoms with Crippen LogP contribution in [0.2, 0.25) is 0 Å². The minimum Gasteiger partial charge on any atom is -0.334 e. The number of piperidine rings is 1. The van der Waals surface area contributed by atoms with Crippen LogP contribution in [0, 0.1) is 6.92 Å². The first-order valence-electron chi connectivity index (χ1n) is 7.70. The second-order valence-electron chi connectivity index (χ2n) is 6.10. The lowest BCUT2D eigenvalue weighted by atomic mass is 10.0. The molecule has 1 saturated heterocycles. The summed E-state index contributed by atoms with van der Waals surface area (Å²) in [4.78, 5) is 14.9. The molecule has 1 aromatic rings. The third-order valence-electron chi connectivity index (χ3n) is 4.54. The van der Waals surface area contributed by atoms with Crippen molar-refractivity contribution in [2.24, 2.45) is 7.05 Å². The highest BCUT2D eigenvalue weighted by atomic mass is 16.2. The fourth-order valence-corrected chi connectivity index (χ4v) is 2.96. The quantitative estimate of drug-likeness (QED) is 0.906. The van der Waals surface area contributed by atoms with Crippen molar-refractivity contribution in [1.29, 1.82) is 0 Å². The number of carbonyl (C=O) groups is 1. The number of carbonyl (C=O) groups excluding carboxylic acids is 1. The first-order valence-corrected chi connectivity index (χ1v) is 7.70. The average Bonchev–Trinajstić information content (AvgIpc) is 3.25. The van der Waals surface area contributed by atoms with Gasteiger partial charge in [0.2, 0.25) is 0 Å². The van der Waals surface area contributed by atoms with Gasteiger partial charge < -0.3 is 10.2 Å². The van der Waals surface area contributed by atoms with Gasteiger partial charge in [0, 0.05) is 31.4 Å². The van der Waals surface area contributed by atoms with Gasteiger partial charge in [-0.15, -0.1) is 0 Å². The Morgan fingerprint density at radius 2 is 2.25 bits per heavy atom. The SMILES string of the molecule is Cc1c(C(=O)N(CC2CCCCN2)C2CC2)cnn1C. The zero-order valence-electron chi connectivity index (χ0n) is 12.4. The third kappa shape index (κ3) is 2.73. The number of nitrogens with one attached hydrogen (secondary N) is 1. The molecule has 3 rings (SSSR count). The molecule has 2 fully saturated rings. The molecule has 1 aliphatic carbocycles. The molecule has 1 saturated carbocycles. The molecule has 1 unspecified atom stereocenters. The largest absolute Gasteiger partial charge is 0.334 e. The van der Waals surface area contributed by atoms with Crippen LogP contribution >= 0.6 is 0 Å². The van der Waals surface area contributed by atoms with Crippen molar-refractivity contribution in [3.63, 3.8) is 0 Å². The summed E-state index contributed by atoms with van der Waals surface area (Å²) in [5.74, 6) is 0.158. The number of amides is 1. The highest BCUT2D eigenvalue weighted by Crippen LogP contribution is 2.29. The van der Waals surface area contributed by atoms with Gasteiger partial charge in [0.1, 0.15) is 0 Å². The monoisotopic (exact) mass is 276 g/mol. The lowest BCUT2D eigenvalue weighted by Gasteiger charge is -2.30. The Morgan fingerprint density at radius 1 is 1.45 bits per heavy atom. The maximum absolute atomic E-state index is 12.8. The van der Waals surface area contributed by atoms with Gasteiger partial charge in [0.05, 0.1) is 11.8 Å². The summed E-state index contributed by atoms with van der Waals surface area (Å²) in [6.07, 6.45) is 7.73. The first-order chi connectivity index (χ1) is 9.66. The lowest BCUT2D eigenvalue weighted by Crippen LogP contribution is -2.46. The minimum atomic E-state index is 0.158. The molecule has 0 aromatic carbocycles. The van der Waals surface area contributed by atoms with Gasteiger partial charge in [-0.25, -0.2) is 0 Å². The predicted molar refractivity (Wildman–Crippen MR) is 77.6 cm³/mol. The lowest BCUT2D eigenvalue weighted by molar-refractivity contribution is 0.0717. The molecule has 5 heteroatoms. The second kappa shape index (κ2) is 5.56. The summed E-state index contributed by atoms with van der Waals surface area (Å²) in [5.41, 5.74) is 1.72. The van der Waals surface area contributed by atoms with Crippen molar-refractivity contribution in [1.82, 2.24) is 20.0 Å². The topological polar surface area (TPSA) is 50.2 Å². The zero-order valence-corrected chi connectivity index (χ0v) is 12.4. The van der Waals surface area contributed by atoms with Crippen LogP contribution in [0.5, 0.6) is 0 Å². The van der Waals surface area contributed by atoms with E-state index in [1.54, 1.807) is 10.9 Å². The molecule has 1 aliphatic heterocycles. The van der Waals surface area contributed by atoms with Crippen LogP contribution < -0.4 is 5.32 Å². The Morgan fingerprint density at radius 3 is 2.80 bits per heavy atom. The van der Waals surface area contributed by atoms with Crippen LogP contribution in [0.4, 0.5) is 0 Å². The Hall–Kier alpha value is -1.36. The van der Waals surface area contributed by atoms with Crippen LogP contribution in [0.1, 0.15) is 48.2 Å². The van der Waals surface area contributed by atoms with Crippen LogP contribution in [-0.2, 0) is 7.05 Å². The van der Waals surface area contributed by atoms with Gasteiger partial charge in [-0.2, -0.15) is 5.10 Å². The Labute approximate surface area is 120 Å². The number of hydrogen-bond acceptors (Lipinski definition) is 3. The molecule has 1 aromatic heterocycles. The number of aromatic nitrogens is 2. The van der Waals surface area contributed by atoms with Crippen LogP contribution in [0.15, 0.2) is 6.20 Å². The number of rotatable bonds is 4. The summed E-state index contributed by atoms with van der Waals surface area (Å²) >= 11 is 0. The fraction of sp³-hybridized carbons (Fsp3) is 0.733. The van der Waals surface area contributed by atoms with E-state index in [-0.39, 0.29) is 5.91 Å². The maximum Gasteiger partial charge on any atom is 0.257 e. The van der Waals surface area contributed by atoms with Gasteiger partial charge in [0.25, 0.3) is 5.91 Å². The number of hydrogen-bond donors (Lipinski definition) is 1. The van der Waals surface area contributed by atoms with E-state index in [0.717, 1.165) is 37.2 Å². The summed E-state index contributed by atoms with van der Waals surface area (Å²) in [6.45, 7) is 3.89. The van der Waals surface area contributed by atoms with E-state index < -0.39 is 0 Å². The van der Waals surface area contributed by atoms with E-state index in [1.807, 2.05) is 14.0 Å². The van der Waals surface area contributed by atoms with Crippen molar-refractivity contribution in [3.8, 4) is 0 Å². The number of nitrogens with zero attached hydrogens (tertiary/aromatic N) is 3. The Balaban J connectivity index is 1.73. The summed E-state index contributed by atoms with van der Waals surface area (Å²) < 4.78 is 1.77. The molecule has 0 radical (unpaired) electrons. The van der Waals surface area contributed by atoms with Crippen molar-refractivity contribution in [2.75, 3.05) is 13.1 Å². The van der Waals surface area contributed by atoms with E-state index in [2.05, 4.69) is 15.3 Å². The third-order valence-corrected chi connectivity index (χ3v) is 4.54. The summed E-state index contributed by atoms with van der Waals surface area (Å²) in [6, 6.07) is 0.913. The van der Waals surface area contributed by atoms with E-state index in [4.69, 9.17) is 0 Å². The summed E-state index contributed by atoms with van der Waals surface area (Å²) in [5, 5.41) is 7.74. The highest BCUT2D eigenvalue weighted by Gasteiger charge is 2.35. The Bertz CT molecular complexity index is 486. The Kier molecular flexibility index (Phi) is 3.78. The molecule has 5 nitrogen and oxygen atoms in total. The van der Waals surface area contributed by atoms with Crippen molar-refractivity contribution >= 4 is 5.91 Å². The smallest absolute Gasteiger partial charge is 0.257 e. The van der Waals surface area contributed by atoms with Gasteiger partial charge in [-0.05, 0) is 39.2 Å². The molecule has 1 N–H and O–H groups in total.